The second-order valence-corrected chi connectivity index (χ2v) is 11.8. The molecular weight excluding hydrogens is 569 g/mol. The molecule has 6 nitrogen and oxygen atoms in total. The summed E-state index contributed by atoms with van der Waals surface area (Å²) in [6.45, 7) is 7.03. The van der Waals surface area contributed by atoms with E-state index in [4.69, 9.17) is 32.9 Å². The van der Waals surface area contributed by atoms with Crippen LogP contribution in [0.1, 0.15) is 43.3 Å². The fourth-order valence-electron chi connectivity index (χ4n) is 4.41. The minimum absolute atomic E-state index is 0.0486. The Morgan fingerprint density at radius 1 is 0.881 bits per heavy atom. The van der Waals surface area contributed by atoms with Gasteiger partial charge in [0.25, 0.3) is 5.69 Å². The SMILES string of the molecule is CC(C)(C)c1ccc(Oc2ccc(C=Cc3nc(-c4ccc(Cl)cc4Cl)cn3Cc3ccc([N+](=O)[O-])cc3)cc2)cc1. The van der Waals surface area contributed by atoms with Crippen LogP contribution in [0.25, 0.3) is 23.4 Å². The highest BCUT2D eigenvalue weighted by molar-refractivity contribution is 6.36. The van der Waals surface area contributed by atoms with Gasteiger partial charge in [0.15, 0.2) is 0 Å². The van der Waals surface area contributed by atoms with E-state index in [0.29, 0.717) is 28.1 Å². The molecule has 0 aliphatic carbocycles. The minimum Gasteiger partial charge on any atom is -0.457 e. The number of halogens is 2. The Kier molecular flexibility index (Phi) is 8.48. The number of nitro benzene ring substituents is 1. The molecule has 0 fully saturated rings. The maximum atomic E-state index is 11.1. The van der Waals surface area contributed by atoms with Gasteiger partial charge in [-0.3, -0.25) is 10.1 Å². The third-order valence-electron chi connectivity index (χ3n) is 6.78. The maximum absolute atomic E-state index is 11.1. The number of hydrogen-bond acceptors (Lipinski definition) is 4. The van der Waals surface area contributed by atoms with Crippen molar-refractivity contribution in [2.45, 2.75) is 32.7 Å². The minimum atomic E-state index is -0.408. The van der Waals surface area contributed by atoms with Crippen LogP contribution in [0, 0.1) is 10.1 Å². The van der Waals surface area contributed by atoms with E-state index in [1.165, 1.54) is 17.7 Å². The van der Waals surface area contributed by atoms with Crippen LogP contribution in [0.3, 0.4) is 0 Å². The van der Waals surface area contributed by atoms with E-state index >= 15 is 0 Å². The van der Waals surface area contributed by atoms with Crippen molar-refractivity contribution >= 4 is 41.0 Å². The molecule has 0 bridgehead atoms. The predicted octanol–water partition coefficient (Wildman–Crippen LogP) is 10.1. The lowest BCUT2D eigenvalue weighted by Gasteiger charge is -2.19. The predicted molar refractivity (Wildman–Crippen MR) is 170 cm³/mol. The number of nitrogens with zero attached hydrogens (tertiary/aromatic N) is 3. The molecule has 0 atom stereocenters. The fourth-order valence-corrected chi connectivity index (χ4v) is 4.92. The normalized spacial score (nSPS) is 11.6. The summed E-state index contributed by atoms with van der Waals surface area (Å²) in [6, 6.07) is 27.8. The van der Waals surface area contributed by atoms with Crippen molar-refractivity contribution in [3.63, 3.8) is 0 Å². The number of rotatable bonds is 8. The first-order valence-corrected chi connectivity index (χ1v) is 14.1. The van der Waals surface area contributed by atoms with Gasteiger partial charge in [0.2, 0.25) is 0 Å². The van der Waals surface area contributed by atoms with Gasteiger partial charge in [-0.25, -0.2) is 4.98 Å². The van der Waals surface area contributed by atoms with Crippen LogP contribution < -0.4 is 4.74 Å². The molecule has 0 unspecified atom stereocenters. The van der Waals surface area contributed by atoms with Gasteiger partial charge >= 0.3 is 0 Å². The van der Waals surface area contributed by atoms with Crippen molar-refractivity contribution in [2.75, 3.05) is 0 Å². The zero-order valence-corrected chi connectivity index (χ0v) is 24.9. The molecule has 42 heavy (non-hydrogen) atoms. The van der Waals surface area contributed by atoms with Gasteiger partial charge in [-0.15, -0.1) is 0 Å². The molecule has 4 aromatic carbocycles. The Balaban J connectivity index is 1.37. The molecular formula is C34H29Cl2N3O3. The van der Waals surface area contributed by atoms with E-state index in [9.17, 15) is 10.1 Å². The fraction of sp³-hybridized carbons (Fsp3) is 0.147. The molecule has 212 valence electrons. The summed E-state index contributed by atoms with van der Waals surface area (Å²) in [6.07, 6.45) is 5.82. The first-order valence-electron chi connectivity index (χ1n) is 13.4. The third-order valence-corrected chi connectivity index (χ3v) is 7.32. The standard InChI is InChI=1S/C34H29Cl2N3O3/c1-34(2,3)25-9-16-29(17-10-25)42-28-14-6-23(7-15-28)8-19-33-37-32(30-18-11-26(35)20-31(30)36)22-38(33)21-24-4-12-27(13-5-24)39(40)41/h4-20,22H,21H2,1-3H3. The second-order valence-electron chi connectivity index (χ2n) is 10.9. The first-order chi connectivity index (χ1) is 20.0. The van der Waals surface area contributed by atoms with E-state index in [-0.39, 0.29) is 11.1 Å². The van der Waals surface area contributed by atoms with Crippen molar-refractivity contribution in [3.05, 3.63) is 140 Å². The number of non-ortho nitro benzene ring substituents is 1. The number of hydrogen-bond donors (Lipinski definition) is 0. The number of aromatic nitrogens is 2. The smallest absolute Gasteiger partial charge is 0.269 e. The first kappa shape index (κ1) is 29.1. The molecule has 0 aliphatic heterocycles. The van der Waals surface area contributed by atoms with Crippen molar-refractivity contribution in [1.82, 2.24) is 9.55 Å². The molecule has 0 saturated carbocycles. The number of benzene rings is 4. The molecule has 0 aliphatic rings. The largest absolute Gasteiger partial charge is 0.457 e. The molecule has 0 radical (unpaired) electrons. The Bertz CT molecular complexity index is 1740. The van der Waals surface area contributed by atoms with Crippen LogP contribution in [0.2, 0.25) is 10.0 Å². The van der Waals surface area contributed by atoms with Crippen LogP contribution in [0.15, 0.2) is 97.2 Å². The number of imidazole rings is 1. The summed E-state index contributed by atoms with van der Waals surface area (Å²) in [7, 11) is 0. The van der Waals surface area contributed by atoms with E-state index in [2.05, 4.69) is 32.9 Å². The monoisotopic (exact) mass is 597 g/mol. The third kappa shape index (κ3) is 7.08. The summed E-state index contributed by atoms with van der Waals surface area (Å²) >= 11 is 12.6. The van der Waals surface area contributed by atoms with Crippen LogP contribution in [0.4, 0.5) is 5.69 Å². The molecule has 0 saturated heterocycles. The molecule has 1 heterocycles. The van der Waals surface area contributed by atoms with Gasteiger partial charge in [-0.2, -0.15) is 0 Å². The van der Waals surface area contributed by atoms with Crippen LogP contribution >= 0.6 is 23.2 Å². The molecule has 5 rings (SSSR count). The van der Waals surface area contributed by atoms with Gasteiger partial charge in [0.05, 0.1) is 15.6 Å². The van der Waals surface area contributed by atoms with Crippen molar-refractivity contribution in [1.29, 1.82) is 0 Å². The molecule has 1 aromatic heterocycles. The molecule has 5 aromatic rings. The van der Waals surface area contributed by atoms with E-state index in [1.807, 2.05) is 65.4 Å². The quantitative estimate of drug-likeness (QED) is 0.132. The summed E-state index contributed by atoms with van der Waals surface area (Å²) in [5.41, 5.74) is 4.72. The van der Waals surface area contributed by atoms with Gasteiger partial charge < -0.3 is 9.30 Å². The van der Waals surface area contributed by atoms with Crippen molar-refractivity contribution in [3.8, 4) is 22.8 Å². The zero-order chi connectivity index (χ0) is 29.9. The van der Waals surface area contributed by atoms with Crippen LogP contribution in [0.5, 0.6) is 11.5 Å². The lowest BCUT2D eigenvalue weighted by molar-refractivity contribution is -0.384. The van der Waals surface area contributed by atoms with Crippen molar-refractivity contribution in [2.24, 2.45) is 0 Å². The average molecular weight is 599 g/mol. The molecule has 0 N–H and O–H groups in total. The highest BCUT2D eigenvalue weighted by atomic mass is 35.5. The summed E-state index contributed by atoms with van der Waals surface area (Å²) < 4.78 is 8.02. The van der Waals surface area contributed by atoms with Crippen LogP contribution in [-0.4, -0.2) is 14.5 Å². The lowest BCUT2D eigenvalue weighted by Crippen LogP contribution is -2.10. The topological polar surface area (TPSA) is 70.2 Å². The average Bonchev–Trinajstić information content (AvgIpc) is 3.34. The summed E-state index contributed by atoms with van der Waals surface area (Å²) in [5.74, 6) is 2.23. The Labute approximate surface area is 255 Å². The maximum Gasteiger partial charge on any atom is 0.269 e. The number of ether oxygens (including phenoxy) is 1. The second kappa shape index (κ2) is 12.2. The number of nitro groups is 1. The van der Waals surface area contributed by atoms with Gasteiger partial charge in [-0.1, -0.05) is 86.4 Å². The molecule has 0 amide bonds. The Hall–Kier alpha value is -4.39. The van der Waals surface area contributed by atoms with Gasteiger partial charge in [0.1, 0.15) is 17.3 Å². The van der Waals surface area contributed by atoms with Gasteiger partial charge in [0, 0.05) is 35.5 Å². The lowest BCUT2D eigenvalue weighted by atomic mass is 9.87. The Morgan fingerprint density at radius 3 is 2.12 bits per heavy atom. The summed E-state index contributed by atoms with van der Waals surface area (Å²) in [5, 5.41) is 12.1. The molecule has 0 spiro atoms. The van der Waals surface area contributed by atoms with E-state index < -0.39 is 4.92 Å². The van der Waals surface area contributed by atoms with Crippen LogP contribution in [-0.2, 0) is 12.0 Å². The van der Waals surface area contributed by atoms with E-state index in [1.54, 1.807) is 24.3 Å². The zero-order valence-electron chi connectivity index (χ0n) is 23.4. The molecule has 8 heteroatoms. The van der Waals surface area contributed by atoms with E-state index in [0.717, 1.165) is 28.2 Å². The van der Waals surface area contributed by atoms with Crippen molar-refractivity contribution < 1.29 is 9.66 Å². The van der Waals surface area contributed by atoms with Gasteiger partial charge in [-0.05, 0) is 70.6 Å². The summed E-state index contributed by atoms with van der Waals surface area (Å²) in [4.78, 5) is 15.5. The highest BCUT2D eigenvalue weighted by Gasteiger charge is 2.14. The Morgan fingerprint density at radius 2 is 1.52 bits per heavy atom. The highest BCUT2D eigenvalue weighted by Crippen LogP contribution is 2.31.